The zero-order valence-corrected chi connectivity index (χ0v) is 9.03. The van der Waals surface area contributed by atoms with Crippen molar-refractivity contribution >= 4 is 11.6 Å². The Balaban J connectivity index is 2.67. The van der Waals surface area contributed by atoms with Crippen LogP contribution >= 0.6 is 0 Å². The van der Waals surface area contributed by atoms with E-state index < -0.39 is 12.6 Å². The van der Waals surface area contributed by atoms with Gasteiger partial charge in [-0.3, -0.25) is 9.69 Å². The van der Waals surface area contributed by atoms with Crippen LogP contribution in [0.2, 0.25) is 0 Å². The number of hydrogen-bond acceptors (Lipinski definition) is 3. The first-order chi connectivity index (χ1) is 7.63. The van der Waals surface area contributed by atoms with Gasteiger partial charge in [0.15, 0.2) is 0 Å². The number of amides is 1. The molecule has 0 spiro atoms. The largest absolute Gasteiger partial charge is 0.398 e. The monoisotopic (exact) mass is 225 g/mol. The molecule has 0 aliphatic rings. The predicted molar refractivity (Wildman–Crippen MR) is 61.3 cm³/mol. The molecule has 1 aromatic rings. The molecular formula is C11H16FN3O. The molecule has 1 rings (SSSR count). The maximum Gasteiger partial charge on any atom is 0.231 e. The van der Waals surface area contributed by atoms with Gasteiger partial charge in [-0.2, -0.15) is 0 Å². The van der Waals surface area contributed by atoms with Gasteiger partial charge in [-0.1, -0.05) is 18.2 Å². The minimum atomic E-state index is -0.514. The summed E-state index contributed by atoms with van der Waals surface area (Å²) >= 11 is 0. The number of rotatable bonds is 6. The van der Waals surface area contributed by atoms with Crippen LogP contribution in [0.5, 0.6) is 0 Å². The lowest BCUT2D eigenvalue weighted by Crippen LogP contribution is -2.34. The third kappa shape index (κ3) is 3.86. The number of para-hydroxylation sites is 1. The van der Waals surface area contributed by atoms with E-state index >= 15 is 0 Å². The number of carbonyl (C=O) groups excluding carboxylic acids is 1. The third-order valence-corrected chi connectivity index (χ3v) is 2.23. The third-order valence-electron chi connectivity index (χ3n) is 2.23. The molecule has 0 heterocycles. The summed E-state index contributed by atoms with van der Waals surface area (Å²) in [6.07, 6.45) is 0. The Bertz CT molecular complexity index is 357. The van der Waals surface area contributed by atoms with Gasteiger partial charge >= 0.3 is 0 Å². The Labute approximate surface area is 94.0 Å². The van der Waals surface area contributed by atoms with E-state index in [1.807, 2.05) is 18.2 Å². The molecule has 0 bridgehead atoms. The number of benzene rings is 1. The zero-order valence-electron chi connectivity index (χ0n) is 9.03. The van der Waals surface area contributed by atoms with E-state index in [2.05, 4.69) is 0 Å². The highest BCUT2D eigenvalue weighted by Gasteiger charge is 2.10. The quantitative estimate of drug-likeness (QED) is 0.693. The Morgan fingerprint density at radius 2 is 2.06 bits per heavy atom. The van der Waals surface area contributed by atoms with Crippen LogP contribution in [0.25, 0.3) is 0 Å². The van der Waals surface area contributed by atoms with E-state index in [0.717, 1.165) is 5.56 Å². The molecule has 0 fully saturated rings. The summed E-state index contributed by atoms with van der Waals surface area (Å²) in [5, 5.41) is 0. The lowest BCUT2D eigenvalue weighted by molar-refractivity contribution is -0.119. The fraction of sp³-hybridized carbons (Fsp3) is 0.364. The van der Waals surface area contributed by atoms with Gasteiger partial charge in [-0.25, -0.2) is 4.39 Å². The van der Waals surface area contributed by atoms with Gasteiger partial charge in [0.05, 0.1) is 6.54 Å². The van der Waals surface area contributed by atoms with Crippen molar-refractivity contribution in [2.75, 3.05) is 25.5 Å². The number of nitrogen functional groups attached to an aromatic ring is 1. The van der Waals surface area contributed by atoms with Gasteiger partial charge in [0, 0.05) is 18.8 Å². The SMILES string of the molecule is NC(=O)CN(CCF)Cc1ccccc1N. The number of anilines is 1. The van der Waals surface area contributed by atoms with Crippen molar-refractivity contribution in [1.82, 2.24) is 4.90 Å². The van der Waals surface area contributed by atoms with Crippen molar-refractivity contribution in [2.24, 2.45) is 5.73 Å². The molecule has 0 aliphatic carbocycles. The molecular weight excluding hydrogens is 209 g/mol. The molecule has 0 saturated carbocycles. The van der Waals surface area contributed by atoms with Crippen LogP contribution < -0.4 is 11.5 Å². The van der Waals surface area contributed by atoms with E-state index in [9.17, 15) is 9.18 Å². The molecule has 5 heteroatoms. The Kier molecular flexibility index (Phi) is 4.72. The molecule has 4 N–H and O–H groups in total. The number of nitrogens with zero attached hydrogens (tertiary/aromatic N) is 1. The topological polar surface area (TPSA) is 72.4 Å². The molecule has 1 amide bonds. The molecule has 0 unspecified atom stereocenters. The number of nitrogens with two attached hydrogens (primary N) is 2. The Morgan fingerprint density at radius 1 is 1.38 bits per heavy atom. The van der Waals surface area contributed by atoms with Crippen LogP contribution in [0, 0.1) is 0 Å². The summed E-state index contributed by atoms with van der Waals surface area (Å²) in [4.78, 5) is 12.4. The molecule has 0 aliphatic heterocycles. The lowest BCUT2D eigenvalue weighted by Gasteiger charge is -2.19. The molecule has 4 nitrogen and oxygen atoms in total. The molecule has 0 atom stereocenters. The van der Waals surface area contributed by atoms with E-state index in [-0.39, 0.29) is 13.1 Å². The van der Waals surface area contributed by atoms with Crippen molar-refractivity contribution in [1.29, 1.82) is 0 Å². The highest BCUT2D eigenvalue weighted by molar-refractivity contribution is 5.75. The van der Waals surface area contributed by atoms with E-state index in [1.165, 1.54) is 0 Å². The summed E-state index contributed by atoms with van der Waals surface area (Å²) < 4.78 is 12.3. The van der Waals surface area contributed by atoms with Crippen molar-refractivity contribution in [3.8, 4) is 0 Å². The fourth-order valence-electron chi connectivity index (χ4n) is 1.47. The predicted octanol–water partition coefficient (Wildman–Crippen LogP) is 0.526. The number of carbonyl (C=O) groups is 1. The van der Waals surface area contributed by atoms with Crippen molar-refractivity contribution in [3.05, 3.63) is 29.8 Å². The van der Waals surface area contributed by atoms with Gasteiger partial charge in [0.2, 0.25) is 5.91 Å². The first-order valence-electron chi connectivity index (χ1n) is 5.03. The lowest BCUT2D eigenvalue weighted by atomic mass is 10.1. The Morgan fingerprint density at radius 3 is 2.62 bits per heavy atom. The minimum absolute atomic E-state index is 0.0399. The molecule has 0 saturated heterocycles. The second kappa shape index (κ2) is 6.07. The molecule has 16 heavy (non-hydrogen) atoms. The highest BCUT2D eigenvalue weighted by atomic mass is 19.1. The second-order valence-electron chi connectivity index (χ2n) is 3.56. The van der Waals surface area contributed by atoms with Crippen LogP contribution in [-0.4, -0.2) is 30.6 Å². The molecule has 1 aromatic carbocycles. The molecule has 0 radical (unpaired) electrons. The van der Waals surface area contributed by atoms with Crippen molar-refractivity contribution in [3.63, 3.8) is 0 Å². The number of halogens is 1. The summed E-state index contributed by atoms with van der Waals surface area (Å²) in [5.41, 5.74) is 12.3. The van der Waals surface area contributed by atoms with Crippen LogP contribution in [0.3, 0.4) is 0 Å². The van der Waals surface area contributed by atoms with E-state index in [1.54, 1.807) is 11.0 Å². The average Bonchev–Trinajstić information content (AvgIpc) is 2.21. The van der Waals surface area contributed by atoms with Gasteiger partial charge in [-0.05, 0) is 11.6 Å². The number of alkyl halides is 1. The van der Waals surface area contributed by atoms with Crippen LogP contribution in [-0.2, 0) is 11.3 Å². The van der Waals surface area contributed by atoms with Gasteiger partial charge in [-0.15, -0.1) is 0 Å². The van der Waals surface area contributed by atoms with Crippen LogP contribution in [0.4, 0.5) is 10.1 Å². The zero-order chi connectivity index (χ0) is 12.0. The summed E-state index contributed by atoms with van der Waals surface area (Å²) in [6.45, 7) is 0.134. The summed E-state index contributed by atoms with van der Waals surface area (Å²) in [6, 6.07) is 7.30. The van der Waals surface area contributed by atoms with Crippen LogP contribution in [0.1, 0.15) is 5.56 Å². The van der Waals surface area contributed by atoms with E-state index in [0.29, 0.717) is 12.2 Å². The normalized spacial score (nSPS) is 10.6. The van der Waals surface area contributed by atoms with Gasteiger partial charge < -0.3 is 11.5 Å². The fourth-order valence-corrected chi connectivity index (χ4v) is 1.47. The maximum atomic E-state index is 12.3. The Hall–Kier alpha value is -1.62. The first-order valence-corrected chi connectivity index (χ1v) is 5.03. The summed E-state index contributed by atoms with van der Waals surface area (Å²) in [7, 11) is 0. The van der Waals surface area contributed by atoms with Gasteiger partial charge in [0.1, 0.15) is 6.67 Å². The van der Waals surface area contributed by atoms with Crippen LogP contribution in [0.15, 0.2) is 24.3 Å². The summed E-state index contributed by atoms with van der Waals surface area (Å²) in [5.74, 6) is -0.469. The maximum absolute atomic E-state index is 12.3. The second-order valence-corrected chi connectivity index (χ2v) is 3.56. The smallest absolute Gasteiger partial charge is 0.231 e. The van der Waals surface area contributed by atoms with Gasteiger partial charge in [0.25, 0.3) is 0 Å². The van der Waals surface area contributed by atoms with E-state index in [4.69, 9.17) is 11.5 Å². The number of hydrogen-bond donors (Lipinski definition) is 2. The first kappa shape index (κ1) is 12.4. The minimum Gasteiger partial charge on any atom is -0.398 e. The number of primary amides is 1. The van der Waals surface area contributed by atoms with Crippen molar-refractivity contribution < 1.29 is 9.18 Å². The highest BCUT2D eigenvalue weighted by Crippen LogP contribution is 2.12. The molecule has 88 valence electrons. The standard InChI is InChI=1S/C11H16FN3O/c12-5-6-15(8-11(14)16)7-9-3-1-2-4-10(9)13/h1-4H,5-8,13H2,(H2,14,16). The van der Waals surface area contributed by atoms with Crippen molar-refractivity contribution in [2.45, 2.75) is 6.54 Å². The molecule has 0 aromatic heterocycles. The average molecular weight is 225 g/mol.